The highest BCUT2D eigenvalue weighted by Crippen LogP contribution is 2.38. The van der Waals surface area contributed by atoms with Crippen molar-refractivity contribution in [3.05, 3.63) is 22.7 Å². The second kappa shape index (κ2) is 9.16. The molecule has 0 aromatic heterocycles. The number of rotatable bonds is 9. The lowest BCUT2D eigenvalue weighted by molar-refractivity contribution is 0.352. The van der Waals surface area contributed by atoms with Crippen LogP contribution in [-0.4, -0.2) is 20.8 Å². The normalized spacial score (nSPS) is 13.8. The zero-order chi connectivity index (χ0) is 15.8. The van der Waals surface area contributed by atoms with E-state index in [2.05, 4.69) is 26.1 Å². The number of hydrogen-bond acceptors (Lipinski definition) is 3. The van der Waals surface area contributed by atoms with Gasteiger partial charge in [0, 0.05) is 6.04 Å². The molecule has 0 saturated heterocycles. The van der Waals surface area contributed by atoms with Gasteiger partial charge in [0.25, 0.3) is 0 Å². The Hall–Kier alpha value is -0.930. The van der Waals surface area contributed by atoms with E-state index in [-0.39, 0.29) is 6.04 Å². The van der Waals surface area contributed by atoms with E-state index in [0.29, 0.717) is 22.4 Å². The lowest BCUT2D eigenvalue weighted by Gasteiger charge is -2.23. The quantitative estimate of drug-likeness (QED) is 0.708. The van der Waals surface area contributed by atoms with E-state index in [4.69, 9.17) is 21.1 Å². The van der Waals surface area contributed by atoms with Gasteiger partial charge in [0.05, 0.1) is 19.2 Å². The second-order valence-corrected chi connectivity index (χ2v) is 5.89. The molecule has 0 aliphatic rings. The Bertz CT molecular complexity index is 437. The summed E-state index contributed by atoms with van der Waals surface area (Å²) in [7, 11) is 3.24. The summed E-state index contributed by atoms with van der Waals surface area (Å²) in [6.07, 6.45) is 3.54. The molecule has 1 aromatic carbocycles. The van der Waals surface area contributed by atoms with Gasteiger partial charge in [-0.05, 0) is 36.6 Å². The molecule has 0 spiro atoms. The fourth-order valence-electron chi connectivity index (χ4n) is 2.74. The molecule has 4 heteroatoms. The van der Waals surface area contributed by atoms with E-state index in [1.54, 1.807) is 14.2 Å². The van der Waals surface area contributed by atoms with Crippen molar-refractivity contribution in [1.29, 1.82) is 0 Å². The molecule has 2 unspecified atom stereocenters. The standard InChI is InChI=1S/C17H28ClNO2/c1-6-8-12(3)9-15(19-7-2)13-10-14(18)17(21-5)16(11-13)20-4/h10-12,15,19H,6-9H2,1-5H3. The Morgan fingerprint density at radius 3 is 2.43 bits per heavy atom. The number of hydrogen-bond donors (Lipinski definition) is 1. The fourth-order valence-corrected chi connectivity index (χ4v) is 3.03. The predicted molar refractivity (Wildman–Crippen MR) is 89.7 cm³/mol. The lowest BCUT2D eigenvalue weighted by Crippen LogP contribution is -2.23. The highest BCUT2D eigenvalue weighted by atomic mass is 35.5. The Morgan fingerprint density at radius 1 is 1.19 bits per heavy atom. The Labute approximate surface area is 134 Å². The summed E-state index contributed by atoms with van der Waals surface area (Å²) < 4.78 is 10.7. The van der Waals surface area contributed by atoms with Crippen molar-refractivity contribution < 1.29 is 9.47 Å². The van der Waals surface area contributed by atoms with Crippen molar-refractivity contribution in [2.75, 3.05) is 20.8 Å². The molecule has 0 saturated carbocycles. The van der Waals surface area contributed by atoms with Gasteiger partial charge in [-0.3, -0.25) is 0 Å². The third-order valence-electron chi connectivity index (χ3n) is 3.73. The molecule has 120 valence electrons. The first kappa shape index (κ1) is 18.1. The van der Waals surface area contributed by atoms with Crippen LogP contribution in [0.25, 0.3) is 0 Å². The van der Waals surface area contributed by atoms with E-state index >= 15 is 0 Å². The summed E-state index contributed by atoms with van der Waals surface area (Å²) in [5.74, 6) is 1.96. The molecular weight excluding hydrogens is 286 g/mol. The summed E-state index contributed by atoms with van der Waals surface area (Å²) >= 11 is 6.32. The van der Waals surface area contributed by atoms with Crippen LogP contribution in [0.4, 0.5) is 0 Å². The average Bonchev–Trinajstić information content (AvgIpc) is 2.46. The molecule has 1 aromatic rings. The van der Waals surface area contributed by atoms with E-state index in [1.165, 1.54) is 12.8 Å². The zero-order valence-corrected chi connectivity index (χ0v) is 14.6. The highest BCUT2D eigenvalue weighted by molar-refractivity contribution is 6.32. The summed E-state index contributed by atoms with van der Waals surface area (Å²) in [5, 5.41) is 4.14. The summed E-state index contributed by atoms with van der Waals surface area (Å²) in [6, 6.07) is 4.29. The van der Waals surface area contributed by atoms with Crippen LogP contribution in [0, 0.1) is 5.92 Å². The minimum absolute atomic E-state index is 0.286. The SMILES string of the molecule is CCCC(C)CC(NCC)c1cc(Cl)c(OC)c(OC)c1. The van der Waals surface area contributed by atoms with Gasteiger partial charge in [-0.2, -0.15) is 0 Å². The van der Waals surface area contributed by atoms with E-state index in [0.717, 1.165) is 18.5 Å². The van der Waals surface area contributed by atoms with Crippen LogP contribution >= 0.6 is 11.6 Å². The average molecular weight is 314 g/mol. The number of nitrogens with one attached hydrogen (secondary N) is 1. The summed E-state index contributed by atoms with van der Waals surface area (Å²) in [6.45, 7) is 7.58. The maximum Gasteiger partial charge on any atom is 0.179 e. The highest BCUT2D eigenvalue weighted by Gasteiger charge is 2.18. The largest absolute Gasteiger partial charge is 0.493 e. The lowest BCUT2D eigenvalue weighted by atomic mass is 9.92. The van der Waals surface area contributed by atoms with Crippen molar-refractivity contribution in [1.82, 2.24) is 5.32 Å². The monoisotopic (exact) mass is 313 g/mol. The van der Waals surface area contributed by atoms with Gasteiger partial charge >= 0.3 is 0 Å². The number of benzene rings is 1. The summed E-state index contributed by atoms with van der Waals surface area (Å²) in [5.41, 5.74) is 1.16. The molecule has 0 bridgehead atoms. The van der Waals surface area contributed by atoms with Crippen LogP contribution in [0.15, 0.2) is 12.1 Å². The van der Waals surface area contributed by atoms with E-state index in [9.17, 15) is 0 Å². The van der Waals surface area contributed by atoms with Crippen molar-refractivity contribution in [3.8, 4) is 11.5 Å². The molecule has 0 radical (unpaired) electrons. The first-order chi connectivity index (χ1) is 10.1. The minimum Gasteiger partial charge on any atom is -0.493 e. The smallest absolute Gasteiger partial charge is 0.179 e. The number of methoxy groups -OCH3 is 2. The number of ether oxygens (including phenoxy) is 2. The predicted octanol–water partition coefficient (Wildman–Crippen LogP) is 4.83. The van der Waals surface area contributed by atoms with Gasteiger partial charge in [-0.15, -0.1) is 0 Å². The van der Waals surface area contributed by atoms with Gasteiger partial charge in [0.2, 0.25) is 0 Å². The van der Waals surface area contributed by atoms with Gasteiger partial charge < -0.3 is 14.8 Å². The maximum absolute atomic E-state index is 6.32. The molecule has 2 atom stereocenters. The van der Waals surface area contributed by atoms with Crippen LogP contribution in [0.3, 0.4) is 0 Å². The first-order valence-corrected chi connectivity index (χ1v) is 8.09. The van der Waals surface area contributed by atoms with Crippen LogP contribution in [0.2, 0.25) is 5.02 Å². The van der Waals surface area contributed by atoms with E-state index < -0.39 is 0 Å². The van der Waals surface area contributed by atoms with Crippen molar-refractivity contribution in [3.63, 3.8) is 0 Å². The molecule has 21 heavy (non-hydrogen) atoms. The molecule has 0 amide bonds. The molecule has 0 heterocycles. The van der Waals surface area contributed by atoms with Crippen LogP contribution in [-0.2, 0) is 0 Å². The molecule has 0 aliphatic carbocycles. The van der Waals surface area contributed by atoms with Crippen molar-refractivity contribution in [2.45, 2.75) is 46.1 Å². The van der Waals surface area contributed by atoms with Crippen molar-refractivity contribution >= 4 is 11.6 Å². The molecule has 1 N–H and O–H groups in total. The Morgan fingerprint density at radius 2 is 1.90 bits per heavy atom. The van der Waals surface area contributed by atoms with Gasteiger partial charge in [0.1, 0.15) is 0 Å². The fraction of sp³-hybridized carbons (Fsp3) is 0.647. The maximum atomic E-state index is 6.32. The third-order valence-corrected chi connectivity index (χ3v) is 4.01. The van der Waals surface area contributed by atoms with Gasteiger partial charge in [-0.1, -0.05) is 45.2 Å². The molecular formula is C17H28ClNO2. The van der Waals surface area contributed by atoms with Crippen molar-refractivity contribution in [2.24, 2.45) is 5.92 Å². The second-order valence-electron chi connectivity index (χ2n) is 5.48. The molecule has 0 fully saturated rings. The molecule has 1 rings (SSSR count). The third kappa shape index (κ3) is 5.08. The van der Waals surface area contributed by atoms with Gasteiger partial charge in [0.15, 0.2) is 11.5 Å². The van der Waals surface area contributed by atoms with Crippen LogP contribution in [0.1, 0.15) is 51.6 Å². The number of halogens is 1. The van der Waals surface area contributed by atoms with Crippen LogP contribution in [0.5, 0.6) is 11.5 Å². The van der Waals surface area contributed by atoms with Gasteiger partial charge in [-0.25, -0.2) is 0 Å². The Kier molecular flexibility index (Phi) is 7.91. The summed E-state index contributed by atoms with van der Waals surface area (Å²) in [4.78, 5) is 0. The molecule has 0 aliphatic heterocycles. The molecule has 3 nitrogen and oxygen atoms in total. The minimum atomic E-state index is 0.286. The van der Waals surface area contributed by atoms with E-state index in [1.807, 2.05) is 12.1 Å². The first-order valence-electron chi connectivity index (χ1n) is 7.72. The zero-order valence-electron chi connectivity index (χ0n) is 13.8. The topological polar surface area (TPSA) is 30.5 Å². The Balaban J connectivity index is 3.04. The van der Waals surface area contributed by atoms with Crippen LogP contribution < -0.4 is 14.8 Å².